The van der Waals surface area contributed by atoms with Gasteiger partial charge in [-0.15, -0.1) is 0 Å². The minimum Gasteiger partial charge on any atom is -0.395 e. The van der Waals surface area contributed by atoms with Crippen molar-refractivity contribution >= 4 is 40.9 Å². The van der Waals surface area contributed by atoms with Crippen molar-refractivity contribution in [1.82, 2.24) is 19.6 Å². The molecular formula is C44H50Cl2F6N4O6. The Morgan fingerprint density at radius 1 is 0.871 bits per heavy atom. The third kappa shape index (κ3) is 10.7. The van der Waals surface area contributed by atoms with Gasteiger partial charge in [-0.2, -0.15) is 26.3 Å². The van der Waals surface area contributed by atoms with E-state index in [0.717, 1.165) is 5.56 Å². The molecule has 3 aromatic rings. The number of carbonyl (C=O) groups is 3. The SMILES string of the molecule is CN(CCO)C(=O)CCCN(C)C(=O)CO[C@H]1Cc2ccccc2C12CCN(CC[C@@]1(c3ccc(Cl)c(Cl)c3)CN(C(=O)c3cc(C(F)(F)F)cc(C(F)(F)F)c3)CCO1)CC2. The van der Waals surface area contributed by atoms with Crippen molar-refractivity contribution < 1.29 is 55.3 Å². The van der Waals surface area contributed by atoms with E-state index in [2.05, 4.69) is 17.0 Å². The van der Waals surface area contributed by atoms with Crippen molar-refractivity contribution in [3.05, 3.63) is 104 Å². The Balaban J connectivity index is 1.15. The number of alkyl halides is 6. The van der Waals surface area contributed by atoms with E-state index >= 15 is 0 Å². The van der Waals surface area contributed by atoms with Crippen LogP contribution in [0.2, 0.25) is 10.0 Å². The average Bonchev–Trinajstić information content (AvgIpc) is 3.54. The molecule has 0 unspecified atom stereocenters. The van der Waals surface area contributed by atoms with E-state index in [1.54, 1.807) is 37.2 Å². The molecule has 2 saturated heterocycles. The van der Waals surface area contributed by atoms with Gasteiger partial charge in [-0.25, -0.2) is 0 Å². The molecule has 10 nitrogen and oxygen atoms in total. The number of amides is 3. The van der Waals surface area contributed by atoms with Gasteiger partial charge in [0, 0.05) is 57.7 Å². The van der Waals surface area contributed by atoms with E-state index in [9.17, 15) is 40.7 Å². The van der Waals surface area contributed by atoms with Crippen LogP contribution in [0.5, 0.6) is 0 Å². The molecule has 2 atom stereocenters. The first-order valence-electron chi connectivity index (χ1n) is 20.5. The molecule has 62 heavy (non-hydrogen) atoms. The smallest absolute Gasteiger partial charge is 0.395 e. The number of rotatable bonds is 14. The van der Waals surface area contributed by atoms with Crippen LogP contribution in [0.4, 0.5) is 26.3 Å². The van der Waals surface area contributed by atoms with Gasteiger partial charge in [-0.05, 0) is 92.2 Å². The highest BCUT2D eigenvalue weighted by molar-refractivity contribution is 6.42. The van der Waals surface area contributed by atoms with Gasteiger partial charge in [0.05, 0.1) is 47.0 Å². The standard InChI is InChI=1S/C44H50Cl2F6N4O6/c1-53(14-5-8-38(58)54(2)18-20-57)39(59)27-61-37-24-29-6-3-4-7-34(29)41(37)11-15-55(16-12-41)17-13-42(31-9-10-35(45)36(46)26-31)28-56(19-21-62-42)40(60)30-22-32(43(47,48)49)25-33(23-30)44(50,51)52/h3-4,6-7,9-10,22-23,25-26,37,57H,5,8,11-21,24,27-28H2,1-2H3/t37-,42-/m0/s1. The second-order valence-electron chi connectivity index (χ2n) is 16.4. The number of hydrogen-bond acceptors (Lipinski definition) is 7. The largest absolute Gasteiger partial charge is 0.416 e. The number of benzene rings is 3. The summed E-state index contributed by atoms with van der Waals surface area (Å²) >= 11 is 12.7. The number of aliphatic hydroxyl groups excluding tert-OH is 1. The minimum absolute atomic E-state index is 0.00791. The maximum absolute atomic E-state index is 13.8. The van der Waals surface area contributed by atoms with E-state index in [0.29, 0.717) is 76.0 Å². The zero-order valence-electron chi connectivity index (χ0n) is 34.5. The maximum atomic E-state index is 13.8. The Morgan fingerprint density at radius 3 is 2.18 bits per heavy atom. The zero-order valence-corrected chi connectivity index (χ0v) is 36.0. The summed E-state index contributed by atoms with van der Waals surface area (Å²) in [4.78, 5) is 45.8. The van der Waals surface area contributed by atoms with Gasteiger partial charge in [0.25, 0.3) is 5.91 Å². The predicted molar refractivity (Wildman–Crippen MR) is 220 cm³/mol. The van der Waals surface area contributed by atoms with Crippen LogP contribution in [0.15, 0.2) is 60.7 Å². The molecule has 338 valence electrons. The Morgan fingerprint density at radius 2 is 1.53 bits per heavy atom. The molecule has 0 aromatic heterocycles. The molecule has 3 amide bonds. The molecule has 2 aliphatic heterocycles. The molecule has 6 rings (SSSR count). The second-order valence-corrected chi connectivity index (χ2v) is 17.2. The van der Waals surface area contributed by atoms with Crippen molar-refractivity contribution in [2.45, 2.75) is 68.0 Å². The number of halogens is 8. The molecule has 1 aliphatic carbocycles. The highest BCUT2D eigenvalue weighted by Gasteiger charge is 2.50. The summed E-state index contributed by atoms with van der Waals surface area (Å²) in [5, 5.41) is 9.55. The quantitative estimate of drug-likeness (QED) is 0.168. The van der Waals surface area contributed by atoms with Crippen LogP contribution >= 0.6 is 23.2 Å². The summed E-state index contributed by atoms with van der Waals surface area (Å²) in [6.07, 6.45) is -7.48. The lowest BCUT2D eigenvalue weighted by Crippen LogP contribution is -2.54. The van der Waals surface area contributed by atoms with Crippen LogP contribution in [0, 0.1) is 0 Å². The number of carbonyl (C=O) groups excluding carboxylic acids is 3. The molecule has 0 bridgehead atoms. The van der Waals surface area contributed by atoms with Gasteiger partial charge in [0.1, 0.15) is 12.2 Å². The first-order chi connectivity index (χ1) is 29.3. The Bertz CT molecular complexity index is 2070. The zero-order chi connectivity index (χ0) is 45.0. The van der Waals surface area contributed by atoms with E-state index in [1.807, 2.05) is 12.1 Å². The number of likely N-dealkylation sites (tertiary alicyclic amines) is 1. The number of ether oxygens (including phenoxy) is 2. The van der Waals surface area contributed by atoms with Crippen molar-refractivity contribution in [3.8, 4) is 0 Å². The van der Waals surface area contributed by atoms with Crippen molar-refractivity contribution in [2.75, 3.05) is 79.7 Å². The summed E-state index contributed by atoms with van der Waals surface area (Å²) in [5.74, 6) is -1.31. The van der Waals surface area contributed by atoms with Crippen LogP contribution in [0.1, 0.15) is 70.3 Å². The maximum Gasteiger partial charge on any atom is 0.416 e. The molecule has 0 radical (unpaired) electrons. The summed E-state index contributed by atoms with van der Waals surface area (Å²) in [5.41, 5.74) is -2.64. The lowest BCUT2D eigenvalue weighted by Gasteiger charge is -2.46. The fourth-order valence-electron chi connectivity index (χ4n) is 8.88. The Labute approximate surface area is 366 Å². The minimum atomic E-state index is -5.12. The number of hydrogen-bond donors (Lipinski definition) is 1. The lowest BCUT2D eigenvalue weighted by atomic mass is 9.72. The number of morpholine rings is 1. The second kappa shape index (κ2) is 19.4. The highest BCUT2D eigenvalue weighted by atomic mass is 35.5. The number of nitrogens with zero attached hydrogens (tertiary/aromatic N) is 4. The van der Waals surface area contributed by atoms with Crippen LogP contribution in [0.25, 0.3) is 0 Å². The average molecular weight is 916 g/mol. The third-order valence-corrected chi connectivity index (χ3v) is 13.2. The lowest BCUT2D eigenvalue weighted by molar-refractivity contribution is -0.143. The number of likely N-dealkylation sites (N-methyl/N-ethyl adjacent to an activating group) is 2. The van der Waals surface area contributed by atoms with Crippen LogP contribution in [0.3, 0.4) is 0 Å². The first-order valence-corrected chi connectivity index (χ1v) is 21.2. The molecule has 1 spiro atoms. The number of fused-ring (bicyclic) bond motifs is 2. The molecule has 0 saturated carbocycles. The van der Waals surface area contributed by atoms with E-state index in [4.69, 9.17) is 37.8 Å². The number of piperidine rings is 1. The fourth-order valence-corrected chi connectivity index (χ4v) is 9.18. The molecule has 3 aromatic carbocycles. The van der Waals surface area contributed by atoms with Gasteiger partial charge >= 0.3 is 12.4 Å². The monoisotopic (exact) mass is 914 g/mol. The van der Waals surface area contributed by atoms with Gasteiger partial charge in [-0.3, -0.25) is 14.4 Å². The van der Waals surface area contributed by atoms with Gasteiger partial charge < -0.3 is 34.2 Å². The molecule has 3 aliphatic rings. The van der Waals surface area contributed by atoms with Crippen LogP contribution in [-0.2, 0) is 48.9 Å². The normalized spacial score (nSPS) is 20.3. The van der Waals surface area contributed by atoms with Crippen molar-refractivity contribution in [1.29, 1.82) is 0 Å². The molecule has 1 N–H and O–H groups in total. The fraction of sp³-hybridized carbons (Fsp3) is 0.523. The summed E-state index contributed by atoms with van der Waals surface area (Å²) < 4.78 is 95.3. The summed E-state index contributed by atoms with van der Waals surface area (Å²) in [7, 11) is 3.30. The van der Waals surface area contributed by atoms with Crippen LogP contribution < -0.4 is 0 Å². The molecule has 18 heteroatoms. The summed E-state index contributed by atoms with van der Waals surface area (Å²) in [6.45, 7) is 1.77. The highest BCUT2D eigenvalue weighted by Crippen LogP contribution is 2.48. The van der Waals surface area contributed by atoms with Crippen LogP contribution in [-0.4, -0.2) is 128 Å². The predicted octanol–water partition coefficient (Wildman–Crippen LogP) is 7.45. The Hall–Kier alpha value is -3.93. The molecular weight excluding hydrogens is 865 g/mol. The topological polar surface area (TPSA) is 103 Å². The Kier molecular flexibility index (Phi) is 14.9. The number of aliphatic hydroxyl groups is 1. The first kappa shape index (κ1) is 47.5. The van der Waals surface area contributed by atoms with Crippen molar-refractivity contribution in [2.24, 2.45) is 0 Å². The van der Waals surface area contributed by atoms with E-state index in [1.165, 1.54) is 15.4 Å². The van der Waals surface area contributed by atoms with Crippen molar-refractivity contribution in [3.63, 3.8) is 0 Å². The third-order valence-electron chi connectivity index (χ3n) is 12.5. The summed E-state index contributed by atoms with van der Waals surface area (Å²) in [6, 6.07) is 13.9. The van der Waals surface area contributed by atoms with Gasteiger partial charge in [-0.1, -0.05) is 53.5 Å². The molecule has 2 heterocycles. The van der Waals surface area contributed by atoms with E-state index < -0.39 is 40.6 Å². The van der Waals surface area contributed by atoms with Gasteiger partial charge in [0.15, 0.2) is 0 Å². The van der Waals surface area contributed by atoms with E-state index in [-0.39, 0.29) is 85.3 Å². The van der Waals surface area contributed by atoms with Gasteiger partial charge in [0.2, 0.25) is 11.8 Å². The molecule has 2 fully saturated rings.